The number of anilines is 1. The van der Waals surface area contributed by atoms with Crippen LogP contribution in [0.3, 0.4) is 0 Å². The van der Waals surface area contributed by atoms with E-state index in [0.717, 1.165) is 0 Å². The monoisotopic (exact) mass is 354 g/mol. The van der Waals surface area contributed by atoms with E-state index in [1.807, 2.05) is 0 Å². The maximum Gasteiger partial charge on any atom is 0.227 e. The topological polar surface area (TPSA) is 58.2 Å². The van der Waals surface area contributed by atoms with Gasteiger partial charge in [-0.3, -0.25) is 9.59 Å². The standard InChI is InChI=1S/C17H20Cl2N2O2/c1-2-9-20-16(22)11-3-5-12(6-4-11)17(23)21-15-10-13(18)7-8-14(15)19/h2,7-8,10-12H,1,3-6,9H2,(H,20,22)(H,21,23). The van der Waals surface area contributed by atoms with Crippen LogP contribution in [0.4, 0.5) is 5.69 Å². The van der Waals surface area contributed by atoms with Gasteiger partial charge in [-0.05, 0) is 43.9 Å². The molecule has 1 aromatic rings. The molecule has 1 fully saturated rings. The third kappa shape index (κ3) is 4.98. The third-order valence-electron chi connectivity index (χ3n) is 4.08. The molecule has 0 atom stereocenters. The number of carbonyl (C=O) groups is 2. The summed E-state index contributed by atoms with van der Waals surface area (Å²) in [5.41, 5.74) is 0.523. The fourth-order valence-corrected chi connectivity index (χ4v) is 3.10. The molecular formula is C17H20Cl2N2O2. The van der Waals surface area contributed by atoms with Gasteiger partial charge in [-0.1, -0.05) is 29.3 Å². The molecule has 1 aliphatic carbocycles. The smallest absolute Gasteiger partial charge is 0.227 e. The third-order valence-corrected chi connectivity index (χ3v) is 4.64. The summed E-state index contributed by atoms with van der Waals surface area (Å²) in [7, 11) is 0. The molecule has 124 valence electrons. The average Bonchev–Trinajstić information content (AvgIpc) is 2.56. The lowest BCUT2D eigenvalue weighted by atomic mass is 9.81. The number of halogens is 2. The van der Waals surface area contributed by atoms with Gasteiger partial charge in [0.15, 0.2) is 0 Å². The van der Waals surface area contributed by atoms with Crippen LogP contribution < -0.4 is 10.6 Å². The summed E-state index contributed by atoms with van der Waals surface area (Å²) in [4.78, 5) is 24.3. The van der Waals surface area contributed by atoms with Gasteiger partial charge < -0.3 is 10.6 Å². The molecule has 0 spiro atoms. The van der Waals surface area contributed by atoms with Crippen molar-refractivity contribution in [2.45, 2.75) is 25.7 Å². The van der Waals surface area contributed by atoms with Crippen LogP contribution in [-0.4, -0.2) is 18.4 Å². The Hall–Kier alpha value is -1.52. The van der Waals surface area contributed by atoms with Crippen LogP contribution in [0.15, 0.2) is 30.9 Å². The molecule has 23 heavy (non-hydrogen) atoms. The van der Waals surface area contributed by atoms with Crippen molar-refractivity contribution in [3.8, 4) is 0 Å². The molecule has 6 heteroatoms. The molecule has 1 aliphatic rings. The van der Waals surface area contributed by atoms with Gasteiger partial charge in [0.2, 0.25) is 11.8 Å². The summed E-state index contributed by atoms with van der Waals surface area (Å²) in [5, 5.41) is 6.62. The van der Waals surface area contributed by atoms with Crippen LogP contribution in [-0.2, 0) is 9.59 Å². The van der Waals surface area contributed by atoms with E-state index in [9.17, 15) is 9.59 Å². The molecule has 0 radical (unpaired) electrons. The molecule has 0 aromatic heterocycles. The zero-order valence-corrected chi connectivity index (χ0v) is 14.3. The molecule has 4 nitrogen and oxygen atoms in total. The minimum absolute atomic E-state index is 0.0197. The highest BCUT2D eigenvalue weighted by molar-refractivity contribution is 6.35. The Bertz CT molecular complexity index is 596. The second-order valence-corrected chi connectivity index (χ2v) is 6.54. The summed E-state index contributed by atoms with van der Waals surface area (Å²) in [6.45, 7) is 4.06. The van der Waals surface area contributed by atoms with Gasteiger partial charge in [-0.25, -0.2) is 0 Å². The van der Waals surface area contributed by atoms with Gasteiger partial charge in [0, 0.05) is 23.4 Å². The fraction of sp³-hybridized carbons (Fsp3) is 0.412. The van der Waals surface area contributed by atoms with Crippen molar-refractivity contribution >= 4 is 40.7 Å². The van der Waals surface area contributed by atoms with Crippen LogP contribution >= 0.6 is 23.2 Å². The van der Waals surface area contributed by atoms with E-state index in [1.54, 1.807) is 24.3 Å². The molecule has 2 amide bonds. The Morgan fingerprint density at radius 1 is 1.13 bits per heavy atom. The normalized spacial score (nSPS) is 20.6. The van der Waals surface area contributed by atoms with Crippen LogP contribution in [0.25, 0.3) is 0 Å². The summed E-state index contributed by atoms with van der Waals surface area (Å²) in [6, 6.07) is 4.96. The second kappa shape index (κ2) is 8.37. The molecule has 0 unspecified atom stereocenters. The van der Waals surface area contributed by atoms with Gasteiger partial charge in [0.05, 0.1) is 10.7 Å². The van der Waals surface area contributed by atoms with Crippen LogP contribution in [0.1, 0.15) is 25.7 Å². The number of hydrogen-bond acceptors (Lipinski definition) is 2. The van der Waals surface area contributed by atoms with Crippen molar-refractivity contribution in [2.24, 2.45) is 11.8 Å². The summed E-state index contributed by atoms with van der Waals surface area (Å²) in [5.74, 6) is -0.150. The van der Waals surface area contributed by atoms with Crippen molar-refractivity contribution in [1.29, 1.82) is 0 Å². The number of rotatable bonds is 5. The number of nitrogens with one attached hydrogen (secondary N) is 2. The molecule has 0 aliphatic heterocycles. The molecule has 0 saturated heterocycles. The van der Waals surface area contributed by atoms with Gasteiger partial charge in [-0.2, -0.15) is 0 Å². The molecule has 1 aromatic carbocycles. The summed E-state index contributed by atoms with van der Waals surface area (Å²) < 4.78 is 0. The molecule has 2 N–H and O–H groups in total. The molecular weight excluding hydrogens is 335 g/mol. The van der Waals surface area contributed by atoms with E-state index in [4.69, 9.17) is 23.2 Å². The predicted molar refractivity (Wildman–Crippen MR) is 93.7 cm³/mol. The molecule has 0 heterocycles. The Morgan fingerprint density at radius 3 is 2.35 bits per heavy atom. The van der Waals surface area contributed by atoms with Crippen LogP contribution in [0.2, 0.25) is 10.0 Å². The zero-order chi connectivity index (χ0) is 16.8. The van der Waals surface area contributed by atoms with E-state index in [2.05, 4.69) is 17.2 Å². The van der Waals surface area contributed by atoms with E-state index >= 15 is 0 Å². The first-order chi connectivity index (χ1) is 11.0. The van der Waals surface area contributed by atoms with Gasteiger partial charge in [0.25, 0.3) is 0 Å². The minimum Gasteiger partial charge on any atom is -0.352 e. The predicted octanol–water partition coefficient (Wildman–Crippen LogP) is 4.04. The Morgan fingerprint density at radius 2 is 1.74 bits per heavy atom. The van der Waals surface area contributed by atoms with Gasteiger partial charge >= 0.3 is 0 Å². The maximum atomic E-state index is 12.4. The summed E-state index contributed by atoms with van der Waals surface area (Å²) >= 11 is 12.0. The lowest BCUT2D eigenvalue weighted by Gasteiger charge is -2.27. The first-order valence-corrected chi connectivity index (χ1v) is 8.41. The fourth-order valence-electron chi connectivity index (χ4n) is 2.76. The van der Waals surface area contributed by atoms with Crippen molar-refractivity contribution in [1.82, 2.24) is 5.32 Å². The Kier molecular flexibility index (Phi) is 6.48. The summed E-state index contributed by atoms with van der Waals surface area (Å²) in [6.07, 6.45) is 4.47. The van der Waals surface area contributed by atoms with E-state index in [-0.39, 0.29) is 23.7 Å². The molecule has 0 bridgehead atoms. The highest BCUT2D eigenvalue weighted by atomic mass is 35.5. The highest BCUT2D eigenvalue weighted by Crippen LogP contribution is 2.31. The first-order valence-electron chi connectivity index (χ1n) is 7.65. The molecule has 2 rings (SSSR count). The number of benzene rings is 1. The van der Waals surface area contributed by atoms with Gasteiger partial charge in [-0.15, -0.1) is 6.58 Å². The highest BCUT2D eigenvalue weighted by Gasteiger charge is 2.29. The van der Waals surface area contributed by atoms with Crippen molar-refractivity contribution in [3.05, 3.63) is 40.9 Å². The van der Waals surface area contributed by atoms with Crippen LogP contribution in [0.5, 0.6) is 0 Å². The Labute approximate surface area is 146 Å². The SMILES string of the molecule is C=CCNC(=O)C1CCC(C(=O)Nc2cc(Cl)ccc2Cl)CC1. The van der Waals surface area contributed by atoms with Crippen LogP contribution in [0, 0.1) is 11.8 Å². The maximum absolute atomic E-state index is 12.4. The van der Waals surface area contributed by atoms with E-state index in [0.29, 0.717) is 48.0 Å². The number of carbonyl (C=O) groups excluding carboxylic acids is 2. The lowest BCUT2D eigenvalue weighted by molar-refractivity contribution is -0.128. The quantitative estimate of drug-likeness (QED) is 0.783. The minimum atomic E-state index is -0.103. The lowest BCUT2D eigenvalue weighted by Crippen LogP contribution is -2.35. The second-order valence-electron chi connectivity index (χ2n) is 5.70. The van der Waals surface area contributed by atoms with Crippen molar-refractivity contribution < 1.29 is 9.59 Å². The zero-order valence-electron chi connectivity index (χ0n) is 12.8. The average molecular weight is 355 g/mol. The number of amides is 2. The Balaban J connectivity index is 1.87. The van der Waals surface area contributed by atoms with Crippen molar-refractivity contribution in [3.63, 3.8) is 0 Å². The van der Waals surface area contributed by atoms with E-state index in [1.165, 1.54) is 0 Å². The van der Waals surface area contributed by atoms with Crippen molar-refractivity contribution in [2.75, 3.05) is 11.9 Å². The molecule has 1 saturated carbocycles. The number of hydrogen-bond donors (Lipinski definition) is 2. The van der Waals surface area contributed by atoms with Gasteiger partial charge in [0.1, 0.15) is 0 Å². The largest absolute Gasteiger partial charge is 0.352 e. The first kappa shape index (κ1) is 17.8. The van der Waals surface area contributed by atoms with E-state index < -0.39 is 0 Å².